The van der Waals surface area contributed by atoms with Crippen LogP contribution in [-0.4, -0.2) is 59.9 Å². The van der Waals surface area contributed by atoms with Crippen molar-refractivity contribution >= 4 is 34.8 Å². The lowest BCUT2D eigenvalue weighted by Gasteiger charge is -2.34. The van der Waals surface area contributed by atoms with Crippen LogP contribution < -0.4 is 4.74 Å². The van der Waals surface area contributed by atoms with E-state index in [1.807, 2.05) is 18.2 Å². The Morgan fingerprint density at radius 1 is 1.00 bits per heavy atom. The molecule has 2 amide bonds. The number of aromatic nitrogens is 1. The van der Waals surface area contributed by atoms with E-state index in [1.165, 1.54) is 11.3 Å². The Bertz CT molecular complexity index is 1080. The molecule has 0 atom stereocenters. The average Bonchev–Trinajstić information content (AvgIpc) is 3.29. The molecule has 3 aromatic rings. The third-order valence-electron chi connectivity index (χ3n) is 4.97. The van der Waals surface area contributed by atoms with E-state index in [-0.39, 0.29) is 11.8 Å². The minimum absolute atomic E-state index is 0.0575. The summed E-state index contributed by atoms with van der Waals surface area (Å²) >= 11 is 7.46. The number of piperazine rings is 1. The highest BCUT2D eigenvalue weighted by molar-refractivity contribution is 7.13. The van der Waals surface area contributed by atoms with Crippen molar-refractivity contribution in [1.82, 2.24) is 14.8 Å². The van der Waals surface area contributed by atoms with Crippen LogP contribution >= 0.6 is 22.9 Å². The van der Waals surface area contributed by atoms with E-state index in [9.17, 15) is 9.59 Å². The molecule has 0 spiro atoms. The van der Waals surface area contributed by atoms with Gasteiger partial charge in [-0.05, 0) is 30.3 Å². The zero-order valence-electron chi connectivity index (χ0n) is 16.4. The zero-order valence-corrected chi connectivity index (χ0v) is 17.9. The first-order valence-corrected chi connectivity index (χ1v) is 10.7. The largest absolute Gasteiger partial charge is 0.497 e. The highest BCUT2D eigenvalue weighted by Gasteiger charge is 2.27. The Morgan fingerprint density at radius 2 is 1.70 bits per heavy atom. The molecule has 4 rings (SSSR count). The molecule has 1 aliphatic heterocycles. The van der Waals surface area contributed by atoms with Crippen molar-refractivity contribution in [1.29, 1.82) is 0 Å². The summed E-state index contributed by atoms with van der Waals surface area (Å²) < 4.78 is 5.19. The predicted molar refractivity (Wildman–Crippen MR) is 117 cm³/mol. The zero-order chi connectivity index (χ0) is 21.1. The number of carbonyl (C=O) groups is 2. The number of amides is 2. The molecular weight excluding hydrogens is 422 g/mol. The van der Waals surface area contributed by atoms with Crippen molar-refractivity contribution in [3.63, 3.8) is 0 Å². The predicted octanol–water partition coefficient (Wildman–Crippen LogP) is 4.07. The summed E-state index contributed by atoms with van der Waals surface area (Å²) in [6.07, 6.45) is 0. The quantitative estimate of drug-likeness (QED) is 0.612. The van der Waals surface area contributed by atoms with Crippen LogP contribution in [0.15, 0.2) is 53.9 Å². The molecule has 0 radical (unpaired) electrons. The van der Waals surface area contributed by atoms with E-state index in [0.717, 1.165) is 10.6 Å². The van der Waals surface area contributed by atoms with Crippen molar-refractivity contribution in [3.8, 4) is 16.3 Å². The number of benzene rings is 2. The average molecular weight is 442 g/mol. The molecule has 0 aliphatic carbocycles. The van der Waals surface area contributed by atoms with Crippen molar-refractivity contribution in [2.24, 2.45) is 0 Å². The lowest BCUT2D eigenvalue weighted by molar-refractivity contribution is 0.0532. The molecule has 8 heteroatoms. The Labute approximate surface area is 183 Å². The molecule has 0 N–H and O–H groups in total. The Kier molecular flexibility index (Phi) is 6.01. The fourth-order valence-corrected chi connectivity index (χ4v) is 4.32. The molecule has 2 heterocycles. The van der Waals surface area contributed by atoms with Gasteiger partial charge in [0.25, 0.3) is 11.8 Å². The highest BCUT2D eigenvalue weighted by atomic mass is 35.5. The maximum absolute atomic E-state index is 12.9. The summed E-state index contributed by atoms with van der Waals surface area (Å²) in [4.78, 5) is 33.6. The van der Waals surface area contributed by atoms with Gasteiger partial charge in [0.05, 0.1) is 7.11 Å². The van der Waals surface area contributed by atoms with E-state index in [2.05, 4.69) is 4.98 Å². The molecule has 1 saturated heterocycles. The molecule has 1 fully saturated rings. The van der Waals surface area contributed by atoms with Crippen LogP contribution in [0, 0.1) is 0 Å². The number of carbonyl (C=O) groups excluding carboxylic acids is 2. The number of nitrogens with zero attached hydrogens (tertiary/aromatic N) is 3. The van der Waals surface area contributed by atoms with Crippen LogP contribution in [0.3, 0.4) is 0 Å². The summed E-state index contributed by atoms with van der Waals surface area (Å²) in [6, 6.07) is 14.5. The monoisotopic (exact) mass is 441 g/mol. The molecule has 2 aromatic carbocycles. The van der Waals surface area contributed by atoms with Gasteiger partial charge < -0.3 is 14.5 Å². The Hall–Kier alpha value is -2.90. The van der Waals surface area contributed by atoms with E-state index in [0.29, 0.717) is 48.2 Å². The van der Waals surface area contributed by atoms with E-state index in [4.69, 9.17) is 16.3 Å². The van der Waals surface area contributed by atoms with Gasteiger partial charge in [0.1, 0.15) is 16.5 Å². The molecule has 0 unspecified atom stereocenters. The first kappa shape index (κ1) is 20.4. The van der Waals surface area contributed by atoms with E-state index in [1.54, 1.807) is 52.6 Å². The van der Waals surface area contributed by atoms with Crippen molar-refractivity contribution in [3.05, 3.63) is 70.2 Å². The Morgan fingerprint density at radius 3 is 2.40 bits per heavy atom. The third-order valence-corrected chi connectivity index (χ3v) is 6.09. The number of rotatable bonds is 4. The van der Waals surface area contributed by atoms with Crippen LogP contribution in [0.4, 0.5) is 0 Å². The maximum Gasteiger partial charge on any atom is 0.273 e. The molecule has 6 nitrogen and oxygen atoms in total. The van der Waals surface area contributed by atoms with Gasteiger partial charge in [-0.1, -0.05) is 29.8 Å². The minimum atomic E-state index is -0.118. The lowest BCUT2D eigenvalue weighted by atomic mass is 10.1. The summed E-state index contributed by atoms with van der Waals surface area (Å²) in [5, 5.41) is 3.16. The SMILES string of the molecule is COc1cccc(C(=O)N2CCN(C(=O)c3csc(-c4cccc(Cl)c4)n3)CC2)c1. The van der Waals surface area contributed by atoms with Crippen molar-refractivity contribution < 1.29 is 14.3 Å². The number of thiazole rings is 1. The number of halogens is 1. The molecule has 1 aliphatic rings. The first-order valence-electron chi connectivity index (χ1n) is 9.49. The molecule has 30 heavy (non-hydrogen) atoms. The second-order valence-corrected chi connectivity index (χ2v) is 8.16. The van der Waals surface area contributed by atoms with Crippen LogP contribution in [0.5, 0.6) is 5.75 Å². The summed E-state index contributed by atoms with van der Waals surface area (Å²) in [6.45, 7) is 1.90. The second kappa shape index (κ2) is 8.85. The van der Waals surface area contributed by atoms with Gasteiger partial charge in [-0.3, -0.25) is 9.59 Å². The molecule has 1 aromatic heterocycles. The second-order valence-electron chi connectivity index (χ2n) is 6.86. The minimum Gasteiger partial charge on any atom is -0.497 e. The third kappa shape index (κ3) is 4.32. The van der Waals surface area contributed by atoms with Gasteiger partial charge >= 0.3 is 0 Å². The number of hydrogen-bond acceptors (Lipinski definition) is 5. The van der Waals surface area contributed by atoms with Gasteiger partial charge in [0.15, 0.2) is 0 Å². The molecule has 154 valence electrons. The fourth-order valence-electron chi connectivity index (χ4n) is 3.34. The number of ether oxygens (including phenoxy) is 1. The van der Waals surface area contributed by atoms with Crippen LogP contribution in [0.1, 0.15) is 20.8 Å². The van der Waals surface area contributed by atoms with E-state index >= 15 is 0 Å². The van der Waals surface area contributed by atoms with Gasteiger partial charge in [0.2, 0.25) is 0 Å². The number of methoxy groups -OCH3 is 1. The number of hydrogen-bond donors (Lipinski definition) is 0. The topological polar surface area (TPSA) is 62.7 Å². The van der Waals surface area contributed by atoms with Gasteiger partial charge in [-0.2, -0.15) is 0 Å². The van der Waals surface area contributed by atoms with Crippen molar-refractivity contribution in [2.75, 3.05) is 33.3 Å². The summed E-state index contributed by atoms with van der Waals surface area (Å²) in [5.41, 5.74) is 1.89. The van der Waals surface area contributed by atoms with Gasteiger partial charge in [0, 0.05) is 47.7 Å². The van der Waals surface area contributed by atoms with Crippen LogP contribution in [0.2, 0.25) is 5.02 Å². The van der Waals surface area contributed by atoms with Gasteiger partial charge in [-0.15, -0.1) is 11.3 Å². The Balaban J connectivity index is 1.39. The normalized spacial score (nSPS) is 13.9. The standard InChI is InChI=1S/C22H20ClN3O3S/c1-29-18-7-3-5-16(13-18)21(27)25-8-10-26(11-9-25)22(28)19-14-30-20(24-19)15-4-2-6-17(23)12-15/h2-7,12-14H,8-11H2,1H3. The van der Waals surface area contributed by atoms with Gasteiger partial charge in [-0.25, -0.2) is 4.98 Å². The molecule has 0 saturated carbocycles. The first-order chi connectivity index (χ1) is 14.5. The van der Waals surface area contributed by atoms with Crippen LogP contribution in [-0.2, 0) is 0 Å². The van der Waals surface area contributed by atoms with E-state index < -0.39 is 0 Å². The summed E-state index contributed by atoms with van der Waals surface area (Å²) in [7, 11) is 1.57. The molecular formula is C22H20ClN3O3S. The smallest absolute Gasteiger partial charge is 0.273 e. The fraction of sp³-hybridized carbons (Fsp3) is 0.227. The maximum atomic E-state index is 12.9. The lowest BCUT2D eigenvalue weighted by Crippen LogP contribution is -2.50. The van der Waals surface area contributed by atoms with Crippen molar-refractivity contribution in [2.45, 2.75) is 0 Å². The summed E-state index contributed by atoms with van der Waals surface area (Å²) in [5.74, 6) is 0.472. The highest BCUT2D eigenvalue weighted by Crippen LogP contribution is 2.26. The van der Waals surface area contributed by atoms with Crippen LogP contribution in [0.25, 0.3) is 10.6 Å². The molecule has 0 bridgehead atoms.